The van der Waals surface area contributed by atoms with E-state index in [1.165, 1.54) is 36.8 Å². The van der Waals surface area contributed by atoms with Gasteiger partial charge in [-0.25, -0.2) is 23.1 Å². The van der Waals surface area contributed by atoms with Gasteiger partial charge >= 0.3 is 0 Å². The lowest BCUT2D eigenvalue weighted by molar-refractivity contribution is -0.0227. The zero-order chi connectivity index (χ0) is 46.5. The van der Waals surface area contributed by atoms with Crippen molar-refractivity contribution in [3.8, 4) is 5.88 Å². The van der Waals surface area contributed by atoms with Crippen LogP contribution in [0.4, 0.5) is 28.6 Å². The third-order valence-electron chi connectivity index (χ3n) is 15.7. The van der Waals surface area contributed by atoms with Gasteiger partial charge in [-0.2, -0.15) is 0 Å². The maximum atomic E-state index is 14.4. The number of sulfonamides is 1. The minimum Gasteiger partial charge on any atom is -0.476 e. The second-order valence-electron chi connectivity index (χ2n) is 20.6. The van der Waals surface area contributed by atoms with Crippen LogP contribution >= 0.6 is 0 Å². The molecule has 4 fully saturated rings. The largest absolute Gasteiger partial charge is 0.476 e. The van der Waals surface area contributed by atoms with Gasteiger partial charge in [-0.3, -0.25) is 9.69 Å². The fourth-order valence-corrected chi connectivity index (χ4v) is 12.8. The molecule has 2 aromatic carbocycles. The summed E-state index contributed by atoms with van der Waals surface area (Å²) in [7, 11) is -4.50. The predicted molar refractivity (Wildman–Crippen MR) is 262 cm³/mol. The zero-order valence-electron chi connectivity index (χ0n) is 39.0. The summed E-state index contributed by atoms with van der Waals surface area (Å²) in [4.78, 5) is 42.5. The summed E-state index contributed by atoms with van der Waals surface area (Å²) >= 11 is 0. The van der Waals surface area contributed by atoms with Gasteiger partial charge in [0.2, 0.25) is 5.88 Å². The van der Waals surface area contributed by atoms with Crippen LogP contribution in [-0.2, 0) is 16.4 Å². The van der Waals surface area contributed by atoms with Crippen molar-refractivity contribution in [2.24, 2.45) is 16.5 Å². The molecule has 2 saturated heterocycles. The molecule has 3 N–H and O–H groups in total. The van der Waals surface area contributed by atoms with Crippen LogP contribution in [0.15, 0.2) is 76.9 Å². The number of rotatable bonds is 12. The van der Waals surface area contributed by atoms with Gasteiger partial charge in [-0.15, -0.1) is 4.91 Å². The first-order valence-electron chi connectivity index (χ1n) is 24.5. The van der Waals surface area contributed by atoms with Crippen molar-refractivity contribution >= 4 is 50.6 Å². The van der Waals surface area contributed by atoms with Gasteiger partial charge in [-0.1, -0.05) is 50.3 Å². The second kappa shape index (κ2) is 18.3. The number of pyridine rings is 2. The summed E-state index contributed by atoms with van der Waals surface area (Å²) in [5.74, 6) is 0.599. The van der Waals surface area contributed by atoms with Gasteiger partial charge in [0, 0.05) is 56.6 Å². The van der Waals surface area contributed by atoms with E-state index in [1.807, 2.05) is 30.0 Å². The molecule has 0 unspecified atom stereocenters. The Morgan fingerprint density at radius 2 is 1.76 bits per heavy atom. The number of anilines is 4. The maximum absolute atomic E-state index is 14.4. The molecular weight excluding hydrogens is 865 g/mol. The zero-order valence-corrected chi connectivity index (χ0v) is 39.9. The van der Waals surface area contributed by atoms with Crippen molar-refractivity contribution in [1.82, 2.24) is 19.6 Å². The Kier molecular flexibility index (Phi) is 12.4. The Morgan fingerprint density at radius 1 is 0.970 bits per heavy atom. The topological polar surface area (TPSA) is 170 Å². The van der Waals surface area contributed by atoms with E-state index >= 15 is 0 Å². The van der Waals surface area contributed by atoms with E-state index in [0.29, 0.717) is 80.4 Å². The fourth-order valence-electron chi connectivity index (χ4n) is 11.8. The van der Waals surface area contributed by atoms with Crippen molar-refractivity contribution in [2.45, 2.75) is 126 Å². The standard InChI is InChI=1S/C52H64N8O6S/c1-34(2)40-10-4-5-11-41(40)45-13-7-22-59(45)38-30-52(31-38)20-24-58(25-21-52)37-14-15-42(46(28-37)60-23-8-26-66-50-47(60)27-36-9-6-12-43(36)55-50)49(61)57-67(64,65)39-29-44(56-63)48(54-33-39)53-32-35-16-18-51(3,62)19-17-35/h4-6,9-11,14-15,27-29,33-35,38,45,62H,7-8,12-13,16-26,30-32H2,1-3H3,(H,53,54)(H,57,61)/t35?,45-,51?/m1/s1. The number of benzene rings is 2. The monoisotopic (exact) mass is 928 g/mol. The molecule has 6 aliphatic rings. The number of piperidine rings is 1. The van der Waals surface area contributed by atoms with Crippen molar-refractivity contribution in [2.75, 3.05) is 54.4 Å². The molecule has 67 heavy (non-hydrogen) atoms. The lowest BCUT2D eigenvalue weighted by Gasteiger charge is -2.56. The Morgan fingerprint density at radius 3 is 2.54 bits per heavy atom. The molecular formula is C52H64N8O6S. The smallest absolute Gasteiger partial charge is 0.267 e. The average Bonchev–Trinajstić information content (AvgIpc) is 3.95. The summed E-state index contributed by atoms with van der Waals surface area (Å²) in [6.45, 7) is 10.8. The normalized spacial score (nSPS) is 23.9. The molecule has 15 heteroatoms. The lowest BCUT2D eigenvalue weighted by Crippen LogP contribution is -2.55. The first-order valence-corrected chi connectivity index (χ1v) is 26.0. The average molecular weight is 929 g/mol. The predicted octanol–water partition coefficient (Wildman–Crippen LogP) is 9.55. The number of amides is 1. The maximum Gasteiger partial charge on any atom is 0.267 e. The van der Waals surface area contributed by atoms with Crippen LogP contribution < -0.4 is 24.6 Å². The van der Waals surface area contributed by atoms with Gasteiger partial charge < -0.3 is 25.0 Å². The summed E-state index contributed by atoms with van der Waals surface area (Å²) < 4.78 is 36.4. The summed E-state index contributed by atoms with van der Waals surface area (Å²) in [5, 5.41) is 16.6. The number of nitrogens with zero attached hydrogens (tertiary/aromatic N) is 6. The number of ether oxygens (including phenoxy) is 1. The van der Waals surface area contributed by atoms with Gasteiger partial charge in [0.15, 0.2) is 11.5 Å². The van der Waals surface area contributed by atoms with Crippen molar-refractivity contribution in [3.05, 3.63) is 99.7 Å². The molecule has 3 aliphatic heterocycles. The molecule has 0 radical (unpaired) electrons. The molecule has 5 heterocycles. The van der Waals surface area contributed by atoms with Crippen LogP contribution in [0.25, 0.3) is 6.08 Å². The summed E-state index contributed by atoms with van der Waals surface area (Å²) in [6.07, 6.45) is 16.7. The highest BCUT2D eigenvalue weighted by molar-refractivity contribution is 7.90. The number of allylic oxidation sites excluding steroid dienone is 1. The molecule has 2 aromatic heterocycles. The number of nitroso groups, excluding NO2 is 1. The van der Waals surface area contributed by atoms with Crippen molar-refractivity contribution < 1.29 is 23.1 Å². The number of likely N-dealkylation sites (tertiary alicyclic amines) is 1. The Labute approximate surface area is 394 Å². The molecule has 14 nitrogen and oxygen atoms in total. The molecule has 3 aliphatic carbocycles. The van der Waals surface area contributed by atoms with Crippen LogP contribution in [-0.4, -0.2) is 85.3 Å². The Hall–Kier alpha value is -5.38. The van der Waals surface area contributed by atoms with Gasteiger partial charge in [-0.05, 0) is 154 Å². The van der Waals surface area contributed by atoms with E-state index in [4.69, 9.17) is 9.72 Å². The van der Waals surface area contributed by atoms with E-state index in [9.17, 15) is 23.2 Å². The number of carbonyl (C=O) groups is 1. The molecule has 1 atom stereocenters. The lowest BCUT2D eigenvalue weighted by atomic mass is 9.59. The Balaban J connectivity index is 0.877. The van der Waals surface area contributed by atoms with Crippen molar-refractivity contribution in [3.63, 3.8) is 0 Å². The quantitative estimate of drug-likeness (QED) is 0.115. The number of aliphatic hydroxyl groups is 1. The SMILES string of the molecule is CC(C)c1ccccc1[C@H]1CCCN1C1CC2(CCN(c3ccc(C(=O)NS(=O)(=O)c4cnc(NCC5CCC(C)(O)CC5)c(N=O)c4)c(N4CCCOc5nc6c(cc54)C=CC6)c3)CC2)C1. The second-order valence-corrected chi connectivity index (χ2v) is 22.3. The number of fused-ring (bicyclic) bond motifs is 2. The summed E-state index contributed by atoms with van der Waals surface area (Å²) in [5.41, 5.74) is 6.81. The van der Waals surface area contributed by atoms with Crippen LogP contribution in [0.5, 0.6) is 5.88 Å². The first-order chi connectivity index (χ1) is 32.3. The summed E-state index contributed by atoms with van der Waals surface area (Å²) in [6, 6.07) is 19.0. The third kappa shape index (κ3) is 9.18. The number of hydrogen-bond acceptors (Lipinski definition) is 13. The van der Waals surface area contributed by atoms with Gasteiger partial charge in [0.25, 0.3) is 15.9 Å². The number of aromatic nitrogens is 2. The molecule has 10 rings (SSSR count). The molecule has 354 valence electrons. The highest BCUT2D eigenvalue weighted by atomic mass is 32.2. The molecule has 2 saturated carbocycles. The molecule has 1 amide bonds. The van der Waals surface area contributed by atoms with Crippen molar-refractivity contribution in [1.29, 1.82) is 0 Å². The van der Waals surface area contributed by atoms with Crippen LogP contribution in [0.1, 0.15) is 136 Å². The van der Waals surface area contributed by atoms with Gasteiger partial charge in [0.1, 0.15) is 10.6 Å². The van der Waals surface area contributed by atoms with E-state index in [2.05, 4.69) is 80.3 Å². The fraction of sp³-hybridized carbons (Fsp3) is 0.519. The number of nitrogens with one attached hydrogen (secondary N) is 2. The number of carbonyl (C=O) groups excluding carboxylic acids is 1. The van der Waals surface area contributed by atoms with Crippen LogP contribution in [0.2, 0.25) is 0 Å². The van der Waals surface area contributed by atoms with Crippen LogP contribution in [0, 0.1) is 16.2 Å². The van der Waals surface area contributed by atoms with E-state index in [0.717, 1.165) is 80.2 Å². The number of hydrogen-bond donors (Lipinski definition) is 3. The Bertz CT molecular complexity index is 2660. The van der Waals surface area contributed by atoms with Gasteiger partial charge in [0.05, 0.1) is 29.2 Å². The minimum atomic E-state index is -4.50. The third-order valence-corrected chi connectivity index (χ3v) is 17.0. The molecule has 4 aromatic rings. The highest BCUT2D eigenvalue weighted by Crippen LogP contribution is 2.54. The van der Waals surface area contributed by atoms with E-state index in [-0.39, 0.29) is 27.9 Å². The molecule has 1 spiro atoms. The minimum absolute atomic E-state index is 0.164. The van der Waals surface area contributed by atoms with Crippen LogP contribution in [0.3, 0.4) is 0 Å². The highest BCUT2D eigenvalue weighted by Gasteiger charge is 2.50. The van der Waals surface area contributed by atoms with E-state index < -0.39 is 21.5 Å². The first kappa shape index (κ1) is 45.4. The van der Waals surface area contributed by atoms with E-state index in [1.54, 1.807) is 6.07 Å². The molecule has 0 bridgehead atoms.